The number of rotatable bonds is 6. The van der Waals surface area contributed by atoms with Crippen LogP contribution in [-0.2, 0) is 4.79 Å². The summed E-state index contributed by atoms with van der Waals surface area (Å²) >= 11 is 1.26. The molecule has 0 aliphatic heterocycles. The molecule has 0 atom stereocenters. The molecule has 8 heteroatoms. The minimum atomic E-state index is -0.229. The van der Waals surface area contributed by atoms with Crippen molar-refractivity contribution in [1.29, 1.82) is 0 Å². The third kappa shape index (κ3) is 5.10. The number of amides is 2. The van der Waals surface area contributed by atoms with Crippen molar-refractivity contribution in [3.8, 4) is 0 Å². The Morgan fingerprint density at radius 2 is 1.45 bits per heavy atom. The van der Waals surface area contributed by atoms with Gasteiger partial charge < -0.3 is 10.6 Å². The van der Waals surface area contributed by atoms with Crippen LogP contribution in [0.2, 0.25) is 0 Å². The van der Waals surface area contributed by atoms with E-state index in [1.807, 2.05) is 62.4 Å². The first-order chi connectivity index (χ1) is 15.0. The van der Waals surface area contributed by atoms with Crippen molar-refractivity contribution in [1.82, 2.24) is 14.6 Å². The quantitative estimate of drug-likeness (QED) is 0.444. The van der Waals surface area contributed by atoms with Crippen LogP contribution in [0.5, 0.6) is 0 Å². The molecule has 7 nitrogen and oxygen atoms in total. The van der Waals surface area contributed by atoms with E-state index in [9.17, 15) is 9.59 Å². The zero-order valence-electron chi connectivity index (χ0n) is 17.1. The number of hydrogen-bond acceptors (Lipinski definition) is 5. The first-order valence-corrected chi connectivity index (χ1v) is 10.7. The van der Waals surface area contributed by atoms with Gasteiger partial charge in [0.2, 0.25) is 5.91 Å². The Morgan fingerprint density at radius 3 is 2.10 bits per heavy atom. The molecule has 0 saturated heterocycles. The van der Waals surface area contributed by atoms with E-state index in [1.165, 1.54) is 11.8 Å². The molecule has 31 heavy (non-hydrogen) atoms. The number of aromatic nitrogens is 3. The van der Waals surface area contributed by atoms with Crippen LogP contribution in [0.4, 0.5) is 11.4 Å². The Bertz CT molecular complexity index is 1230. The molecule has 2 N–H and O–H groups in total. The number of fused-ring (bicyclic) bond motifs is 1. The third-order valence-electron chi connectivity index (χ3n) is 4.61. The Balaban J connectivity index is 1.43. The molecule has 4 rings (SSSR count). The van der Waals surface area contributed by atoms with Gasteiger partial charge in [-0.3, -0.25) is 14.0 Å². The Morgan fingerprint density at radius 1 is 0.839 bits per heavy atom. The van der Waals surface area contributed by atoms with E-state index >= 15 is 0 Å². The lowest BCUT2D eigenvalue weighted by molar-refractivity contribution is -0.113. The number of pyridine rings is 1. The Kier molecular flexibility index (Phi) is 5.99. The summed E-state index contributed by atoms with van der Waals surface area (Å²) in [6.45, 7) is 3.99. The van der Waals surface area contributed by atoms with Crippen molar-refractivity contribution >= 4 is 40.6 Å². The number of carbonyl (C=O) groups is 2. The number of carbonyl (C=O) groups excluding carboxylic acids is 2. The van der Waals surface area contributed by atoms with Crippen LogP contribution >= 0.6 is 11.8 Å². The lowest BCUT2D eigenvalue weighted by atomic mass is 10.2. The largest absolute Gasteiger partial charge is 0.325 e. The van der Waals surface area contributed by atoms with E-state index in [1.54, 1.807) is 22.7 Å². The van der Waals surface area contributed by atoms with Gasteiger partial charge in [-0.15, -0.1) is 10.2 Å². The molecule has 0 aliphatic carbocycles. The number of aryl methyl sites for hydroxylation is 2. The van der Waals surface area contributed by atoms with Crippen LogP contribution in [0.1, 0.15) is 21.5 Å². The van der Waals surface area contributed by atoms with Gasteiger partial charge in [-0.25, -0.2) is 0 Å². The molecular formula is C23H21N5O2S. The predicted molar refractivity (Wildman–Crippen MR) is 123 cm³/mol. The van der Waals surface area contributed by atoms with Gasteiger partial charge in [0, 0.05) is 17.6 Å². The van der Waals surface area contributed by atoms with E-state index < -0.39 is 0 Å². The Hall–Kier alpha value is -3.65. The van der Waals surface area contributed by atoms with E-state index in [0.717, 1.165) is 22.5 Å². The van der Waals surface area contributed by atoms with Crippen molar-refractivity contribution < 1.29 is 9.59 Å². The summed E-state index contributed by atoms with van der Waals surface area (Å²) in [6.07, 6.45) is 1.68. The SMILES string of the molecule is Cc1ccc(NC(=O)CSc2nnc3ccc(C(=O)Nc4ccc(C)cc4)cn23)cc1. The van der Waals surface area contributed by atoms with Crippen molar-refractivity contribution in [3.05, 3.63) is 83.6 Å². The number of nitrogens with zero attached hydrogens (tertiary/aromatic N) is 3. The van der Waals surface area contributed by atoms with Crippen LogP contribution in [-0.4, -0.2) is 32.2 Å². The minimum Gasteiger partial charge on any atom is -0.325 e. The first-order valence-electron chi connectivity index (χ1n) is 9.70. The number of anilines is 2. The van der Waals surface area contributed by atoms with Crippen molar-refractivity contribution in [2.24, 2.45) is 0 Å². The number of thioether (sulfide) groups is 1. The highest BCUT2D eigenvalue weighted by Crippen LogP contribution is 2.19. The second-order valence-electron chi connectivity index (χ2n) is 7.15. The third-order valence-corrected chi connectivity index (χ3v) is 5.55. The van der Waals surface area contributed by atoms with Crippen LogP contribution in [0, 0.1) is 13.8 Å². The van der Waals surface area contributed by atoms with Crippen molar-refractivity contribution in [2.45, 2.75) is 19.0 Å². The molecule has 0 saturated carbocycles. The van der Waals surface area contributed by atoms with Gasteiger partial charge in [0.05, 0.1) is 11.3 Å². The highest BCUT2D eigenvalue weighted by molar-refractivity contribution is 7.99. The van der Waals surface area contributed by atoms with Crippen molar-refractivity contribution in [2.75, 3.05) is 16.4 Å². The summed E-state index contributed by atoms with van der Waals surface area (Å²) in [5.41, 5.74) is 4.80. The number of hydrogen-bond donors (Lipinski definition) is 2. The fourth-order valence-electron chi connectivity index (χ4n) is 2.91. The van der Waals surface area contributed by atoms with E-state index in [2.05, 4.69) is 20.8 Å². The maximum Gasteiger partial charge on any atom is 0.257 e. The molecule has 2 amide bonds. The van der Waals surface area contributed by atoms with Gasteiger partial charge in [0.15, 0.2) is 10.8 Å². The van der Waals surface area contributed by atoms with Gasteiger partial charge >= 0.3 is 0 Å². The van der Waals surface area contributed by atoms with Gasteiger partial charge in [-0.05, 0) is 50.2 Å². The summed E-state index contributed by atoms with van der Waals surface area (Å²) in [4.78, 5) is 24.9. The standard InChI is InChI=1S/C23H21N5O2S/c1-15-3-8-18(9-4-15)24-21(29)14-31-23-27-26-20-12-7-17(13-28(20)23)22(30)25-19-10-5-16(2)6-11-19/h3-13H,14H2,1-2H3,(H,24,29)(H,25,30). The average molecular weight is 432 g/mol. The number of benzene rings is 2. The zero-order chi connectivity index (χ0) is 21.8. The van der Waals surface area contributed by atoms with Crippen LogP contribution < -0.4 is 10.6 Å². The summed E-state index contributed by atoms with van der Waals surface area (Å²) in [5.74, 6) is -0.194. The normalized spacial score (nSPS) is 10.8. The summed E-state index contributed by atoms with van der Waals surface area (Å²) in [6, 6.07) is 18.6. The molecule has 156 valence electrons. The summed E-state index contributed by atoms with van der Waals surface area (Å²) in [7, 11) is 0. The average Bonchev–Trinajstić information content (AvgIpc) is 3.18. The van der Waals surface area contributed by atoms with Crippen molar-refractivity contribution in [3.63, 3.8) is 0 Å². The predicted octanol–water partition coefficient (Wildman–Crippen LogP) is 4.33. The summed E-state index contributed by atoms with van der Waals surface area (Å²) < 4.78 is 1.72. The molecule has 2 aromatic heterocycles. The lowest BCUT2D eigenvalue weighted by Crippen LogP contribution is -2.14. The van der Waals surface area contributed by atoms with Gasteiger partial charge in [0.1, 0.15) is 0 Å². The maximum atomic E-state index is 12.6. The topological polar surface area (TPSA) is 88.4 Å². The smallest absolute Gasteiger partial charge is 0.257 e. The molecule has 0 aliphatic rings. The number of nitrogens with one attached hydrogen (secondary N) is 2. The molecule has 0 unspecified atom stereocenters. The molecule has 4 aromatic rings. The van der Waals surface area contributed by atoms with Crippen LogP contribution in [0.3, 0.4) is 0 Å². The Labute approximate surface area is 183 Å². The highest BCUT2D eigenvalue weighted by Gasteiger charge is 2.13. The molecule has 0 spiro atoms. The monoisotopic (exact) mass is 431 g/mol. The minimum absolute atomic E-state index is 0.140. The molecule has 0 radical (unpaired) electrons. The van der Waals surface area contributed by atoms with Crippen LogP contribution in [0.15, 0.2) is 72.0 Å². The maximum absolute atomic E-state index is 12.6. The van der Waals surface area contributed by atoms with Gasteiger partial charge in [0.25, 0.3) is 5.91 Å². The fraction of sp³-hybridized carbons (Fsp3) is 0.130. The summed E-state index contributed by atoms with van der Waals surface area (Å²) in [5, 5.41) is 14.5. The molecular weight excluding hydrogens is 410 g/mol. The van der Waals surface area contributed by atoms with Gasteiger partial charge in [-0.2, -0.15) is 0 Å². The second-order valence-corrected chi connectivity index (χ2v) is 8.09. The van der Waals surface area contributed by atoms with E-state index in [-0.39, 0.29) is 17.6 Å². The molecule has 2 aromatic carbocycles. The van der Waals surface area contributed by atoms with Gasteiger partial charge in [-0.1, -0.05) is 47.2 Å². The molecule has 2 heterocycles. The van der Waals surface area contributed by atoms with Crippen LogP contribution in [0.25, 0.3) is 5.65 Å². The first kappa shape index (κ1) is 20.6. The fourth-order valence-corrected chi connectivity index (χ4v) is 3.62. The van der Waals surface area contributed by atoms with E-state index in [0.29, 0.717) is 16.4 Å². The second kappa shape index (κ2) is 9.01. The highest BCUT2D eigenvalue weighted by atomic mass is 32.2. The molecule has 0 fully saturated rings. The lowest BCUT2D eigenvalue weighted by Gasteiger charge is -2.07. The zero-order valence-corrected chi connectivity index (χ0v) is 17.9. The molecule has 0 bridgehead atoms. The van der Waals surface area contributed by atoms with E-state index in [4.69, 9.17) is 0 Å².